The van der Waals surface area contributed by atoms with E-state index >= 15 is 0 Å². The van der Waals surface area contributed by atoms with Crippen LogP contribution < -0.4 is 4.31 Å². The van der Waals surface area contributed by atoms with Crippen LogP contribution in [0.4, 0.5) is 5.69 Å². The molecular weight excluding hydrogens is 280 g/mol. The second-order valence-corrected chi connectivity index (χ2v) is 7.00. The van der Waals surface area contributed by atoms with E-state index in [1.165, 1.54) is 6.07 Å². The number of aromatic nitrogens is 1. The van der Waals surface area contributed by atoms with Crippen LogP contribution in [0.5, 0.6) is 0 Å². The molecule has 1 aliphatic heterocycles. The molecule has 0 unspecified atom stereocenters. The molecule has 0 radical (unpaired) electrons. The molecule has 0 saturated carbocycles. The third-order valence-electron chi connectivity index (χ3n) is 3.55. The van der Waals surface area contributed by atoms with Gasteiger partial charge in [0.25, 0.3) is 0 Å². The van der Waals surface area contributed by atoms with E-state index < -0.39 is 16.7 Å². The number of nitrogens with one attached hydrogen (secondary N) is 1. The molecule has 1 saturated heterocycles. The summed E-state index contributed by atoms with van der Waals surface area (Å²) in [4.78, 5) is 14.2. The van der Waals surface area contributed by atoms with E-state index in [-0.39, 0.29) is 5.56 Å². The van der Waals surface area contributed by atoms with Crippen molar-refractivity contribution in [3.63, 3.8) is 0 Å². The average molecular weight is 296 g/mol. The van der Waals surface area contributed by atoms with Crippen LogP contribution in [0, 0.1) is 0 Å². The van der Waals surface area contributed by atoms with Gasteiger partial charge in [-0.3, -0.25) is 13.4 Å². The minimum atomic E-state index is -2.86. The van der Waals surface area contributed by atoms with Crippen LogP contribution in [0.1, 0.15) is 23.2 Å². The monoisotopic (exact) mass is 296 g/mol. The zero-order valence-corrected chi connectivity index (χ0v) is 11.6. The van der Waals surface area contributed by atoms with E-state index in [9.17, 15) is 19.0 Å². The lowest BCUT2D eigenvalue weighted by molar-refractivity contribution is 0.0697. The topological polar surface area (TPSA) is 96.8 Å². The number of carboxylic acid groups (broad SMARTS) is 1. The predicted molar refractivity (Wildman–Crippen MR) is 79.6 cm³/mol. The number of hydrogen-bond donors (Lipinski definition) is 4. The van der Waals surface area contributed by atoms with Crippen molar-refractivity contribution in [1.82, 2.24) is 4.98 Å². The predicted octanol–water partition coefficient (Wildman–Crippen LogP) is 3.13. The Hall–Kier alpha value is -1.70. The Bertz CT molecular complexity index is 667. The molecule has 1 aliphatic rings. The van der Waals surface area contributed by atoms with Crippen LogP contribution in [0.3, 0.4) is 0 Å². The molecule has 1 fully saturated rings. The van der Waals surface area contributed by atoms with Crippen molar-refractivity contribution in [2.24, 2.45) is 0 Å². The van der Waals surface area contributed by atoms with Gasteiger partial charge in [0.05, 0.1) is 17.0 Å². The molecule has 2 aromatic rings. The summed E-state index contributed by atoms with van der Waals surface area (Å²) in [5.41, 5.74) is 1.39. The second-order valence-electron chi connectivity index (χ2n) is 4.89. The van der Waals surface area contributed by atoms with Gasteiger partial charge in [0.15, 0.2) is 0 Å². The maximum absolute atomic E-state index is 11.2. The third kappa shape index (κ3) is 2.13. The second kappa shape index (κ2) is 4.69. The van der Waals surface area contributed by atoms with Crippen molar-refractivity contribution in [3.8, 4) is 0 Å². The number of nitrogens with zero attached hydrogens (tertiary/aromatic N) is 1. The third-order valence-corrected chi connectivity index (χ3v) is 5.47. The normalized spacial score (nSPS) is 20.0. The maximum Gasteiger partial charge on any atom is 0.335 e. The molecule has 0 aliphatic carbocycles. The summed E-state index contributed by atoms with van der Waals surface area (Å²) in [5.74, 6) is -0.702. The van der Waals surface area contributed by atoms with Crippen molar-refractivity contribution in [2.75, 3.05) is 16.6 Å². The molecule has 2 heterocycles. The Balaban J connectivity index is 2.18. The molecule has 0 spiro atoms. The van der Waals surface area contributed by atoms with Gasteiger partial charge >= 0.3 is 5.97 Å². The molecular formula is C13H16N2O4S. The van der Waals surface area contributed by atoms with Gasteiger partial charge in [-0.2, -0.15) is 0 Å². The van der Waals surface area contributed by atoms with Crippen LogP contribution >= 0.6 is 10.8 Å². The van der Waals surface area contributed by atoms with E-state index in [0.29, 0.717) is 23.5 Å². The Morgan fingerprint density at radius 2 is 2.10 bits per heavy atom. The lowest BCUT2D eigenvalue weighted by Crippen LogP contribution is -2.34. The highest BCUT2D eigenvalue weighted by Crippen LogP contribution is 2.51. The number of carbonyl (C=O) groups is 1. The average Bonchev–Trinajstić information content (AvgIpc) is 2.85. The first kappa shape index (κ1) is 13.3. The fourth-order valence-corrected chi connectivity index (χ4v) is 4.26. The van der Waals surface area contributed by atoms with Gasteiger partial charge in [-0.1, -0.05) is 0 Å². The molecule has 1 aromatic heterocycles. The van der Waals surface area contributed by atoms with Gasteiger partial charge in [0, 0.05) is 23.6 Å². The highest BCUT2D eigenvalue weighted by Gasteiger charge is 2.28. The highest BCUT2D eigenvalue weighted by molar-refractivity contribution is 8.25. The molecule has 3 rings (SSSR count). The summed E-state index contributed by atoms with van der Waals surface area (Å²) >= 11 is 0. The van der Waals surface area contributed by atoms with Crippen LogP contribution in [-0.2, 0) is 0 Å². The standard InChI is InChI=1S/C13H16N2O4S/c16-13(17)9-7-11-10(3-4-14-11)12(8-9)15-5-1-2-6-20(15,18)19/h3-4,7-8,14,18-19H,1-2,5-6H2,(H,16,17). The summed E-state index contributed by atoms with van der Waals surface area (Å²) < 4.78 is 22.0. The Labute approximate surface area is 117 Å². The number of H-pyrrole nitrogens is 1. The van der Waals surface area contributed by atoms with Gasteiger partial charge in [0.2, 0.25) is 0 Å². The van der Waals surface area contributed by atoms with E-state index in [1.54, 1.807) is 16.6 Å². The number of rotatable bonds is 2. The Kier molecular flexibility index (Phi) is 3.12. The van der Waals surface area contributed by atoms with Crippen molar-refractivity contribution in [3.05, 3.63) is 30.0 Å². The van der Waals surface area contributed by atoms with Gasteiger partial charge in [-0.05, 0) is 31.0 Å². The van der Waals surface area contributed by atoms with Gasteiger partial charge in [0.1, 0.15) is 0 Å². The maximum atomic E-state index is 11.2. The fourth-order valence-electron chi connectivity index (χ4n) is 2.56. The number of hydrogen-bond acceptors (Lipinski definition) is 4. The molecule has 0 bridgehead atoms. The molecule has 20 heavy (non-hydrogen) atoms. The number of anilines is 1. The number of fused-ring (bicyclic) bond motifs is 1. The summed E-state index contributed by atoms with van der Waals surface area (Å²) in [6, 6.07) is 4.88. The van der Waals surface area contributed by atoms with Crippen molar-refractivity contribution >= 4 is 33.3 Å². The molecule has 7 heteroatoms. The van der Waals surface area contributed by atoms with Crippen molar-refractivity contribution in [1.29, 1.82) is 0 Å². The number of benzene rings is 1. The Morgan fingerprint density at radius 3 is 2.80 bits per heavy atom. The molecule has 6 nitrogen and oxygen atoms in total. The van der Waals surface area contributed by atoms with Crippen LogP contribution in [0.2, 0.25) is 0 Å². The van der Waals surface area contributed by atoms with Gasteiger partial charge in [-0.15, -0.1) is 10.8 Å². The minimum absolute atomic E-state index is 0.135. The highest BCUT2D eigenvalue weighted by atomic mass is 32.3. The largest absolute Gasteiger partial charge is 0.478 e. The minimum Gasteiger partial charge on any atom is -0.478 e. The quantitative estimate of drug-likeness (QED) is 0.682. The van der Waals surface area contributed by atoms with E-state index in [1.807, 2.05) is 6.07 Å². The Morgan fingerprint density at radius 1 is 1.30 bits per heavy atom. The molecule has 108 valence electrons. The lowest BCUT2D eigenvalue weighted by atomic mass is 10.1. The first-order valence-electron chi connectivity index (χ1n) is 6.37. The number of aromatic amines is 1. The van der Waals surface area contributed by atoms with Crippen LogP contribution in [0.25, 0.3) is 10.9 Å². The summed E-state index contributed by atoms with van der Waals surface area (Å²) in [7, 11) is -2.86. The summed E-state index contributed by atoms with van der Waals surface area (Å²) in [6.45, 7) is 0.520. The van der Waals surface area contributed by atoms with E-state index in [0.717, 1.165) is 18.2 Å². The number of aromatic carboxylic acids is 1. The van der Waals surface area contributed by atoms with E-state index in [2.05, 4.69) is 4.98 Å². The lowest BCUT2D eigenvalue weighted by Gasteiger charge is -2.47. The number of carboxylic acids is 1. The first-order valence-corrected chi connectivity index (χ1v) is 8.04. The first-order chi connectivity index (χ1) is 9.49. The fraction of sp³-hybridized carbons (Fsp3) is 0.308. The van der Waals surface area contributed by atoms with Crippen molar-refractivity contribution < 1.29 is 19.0 Å². The summed E-state index contributed by atoms with van der Waals surface area (Å²) in [5, 5.41) is 9.99. The molecule has 4 N–H and O–H groups in total. The van der Waals surface area contributed by atoms with Gasteiger partial charge < -0.3 is 10.1 Å². The smallest absolute Gasteiger partial charge is 0.335 e. The van der Waals surface area contributed by atoms with E-state index in [4.69, 9.17) is 0 Å². The zero-order chi connectivity index (χ0) is 14.3. The summed E-state index contributed by atoms with van der Waals surface area (Å²) in [6.07, 6.45) is 3.35. The van der Waals surface area contributed by atoms with Crippen LogP contribution in [0.15, 0.2) is 24.4 Å². The molecule has 0 amide bonds. The molecule has 1 aromatic carbocycles. The van der Waals surface area contributed by atoms with Crippen LogP contribution in [-0.4, -0.2) is 37.5 Å². The zero-order valence-electron chi connectivity index (χ0n) is 10.7. The molecule has 0 atom stereocenters. The van der Waals surface area contributed by atoms with Crippen molar-refractivity contribution in [2.45, 2.75) is 12.8 Å². The van der Waals surface area contributed by atoms with Gasteiger partial charge in [-0.25, -0.2) is 4.79 Å². The SMILES string of the molecule is O=C(O)c1cc(N2CCCCS2(O)O)c2cc[nH]c2c1.